The van der Waals surface area contributed by atoms with Crippen LogP contribution in [0.5, 0.6) is 0 Å². The van der Waals surface area contributed by atoms with Gasteiger partial charge in [-0.25, -0.2) is 0 Å². The SMILES string of the molecule is O=C(Cn1c(-c2cccs2)n[nH]c1=S)N[C@H]1CCc2ccccc21. The van der Waals surface area contributed by atoms with Crippen LogP contribution < -0.4 is 5.32 Å². The van der Waals surface area contributed by atoms with Gasteiger partial charge in [0.1, 0.15) is 6.54 Å². The van der Waals surface area contributed by atoms with E-state index in [1.807, 2.05) is 29.6 Å². The third kappa shape index (κ3) is 2.81. The molecule has 0 spiro atoms. The zero-order chi connectivity index (χ0) is 16.5. The Balaban J connectivity index is 1.52. The number of aromatic amines is 1. The van der Waals surface area contributed by atoms with E-state index in [1.165, 1.54) is 11.1 Å². The molecule has 0 aliphatic heterocycles. The van der Waals surface area contributed by atoms with E-state index in [0.29, 0.717) is 10.6 Å². The van der Waals surface area contributed by atoms with Crippen molar-refractivity contribution in [1.29, 1.82) is 0 Å². The Morgan fingerprint density at radius 1 is 1.38 bits per heavy atom. The van der Waals surface area contributed by atoms with E-state index in [0.717, 1.165) is 17.7 Å². The number of fused-ring (bicyclic) bond motifs is 1. The lowest BCUT2D eigenvalue weighted by molar-refractivity contribution is -0.122. The van der Waals surface area contributed by atoms with E-state index in [2.05, 4.69) is 27.6 Å². The molecule has 1 aliphatic carbocycles. The Labute approximate surface area is 148 Å². The van der Waals surface area contributed by atoms with Crippen LogP contribution >= 0.6 is 23.6 Å². The second-order valence-electron chi connectivity index (χ2n) is 5.77. The molecule has 122 valence electrons. The van der Waals surface area contributed by atoms with Crippen LogP contribution in [0.1, 0.15) is 23.6 Å². The third-order valence-corrected chi connectivity index (χ3v) is 5.45. The van der Waals surface area contributed by atoms with Crippen molar-refractivity contribution >= 4 is 29.5 Å². The maximum atomic E-state index is 12.5. The van der Waals surface area contributed by atoms with Crippen molar-refractivity contribution in [2.75, 3.05) is 0 Å². The molecule has 2 heterocycles. The van der Waals surface area contributed by atoms with Crippen molar-refractivity contribution in [3.63, 3.8) is 0 Å². The first kappa shape index (κ1) is 15.3. The third-order valence-electron chi connectivity index (χ3n) is 4.27. The number of hydrogen-bond acceptors (Lipinski definition) is 4. The number of aryl methyl sites for hydroxylation is 1. The van der Waals surface area contributed by atoms with Crippen LogP contribution in [0.2, 0.25) is 0 Å². The summed E-state index contributed by atoms with van der Waals surface area (Å²) in [5.74, 6) is 0.656. The van der Waals surface area contributed by atoms with Gasteiger partial charge in [0.2, 0.25) is 5.91 Å². The first-order chi connectivity index (χ1) is 11.7. The number of carbonyl (C=O) groups is 1. The summed E-state index contributed by atoms with van der Waals surface area (Å²) in [6.07, 6.45) is 1.95. The van der Waals surface area contributed by atoms with Crippen LogP contribution in [0, 0.1) is 4.77 Å². The van der Waals surface area contributed by atoms with Gasteiger partial charge in [-0.15, -0.1) is 11.3 Å². The fourth-order valence-electron chi connectivity index (χ4n) is 3.15. The molecule has 0 saturated heterocycles. The van der Waals surface area contributed by atoms with E-state index in [-0.39, 0.29) is 18.5 Å². The predicted molar refractivity (Wildman–Crippen MR) is 96.4 cm³/mol. The average molecular weight is 356 g/mol. The minimum atomic E-state index is -0.0491. The van der Waals surface area contributed by atoms with Crippen LogP contribution in [0.4, 0.5) is 0 Å². The maximum Gasteiger partial charge on any atom is 0.240 e. The number of H-pyrrole nitrogens is 1. The number of benzene rings is 1. The molecule has 1 aromatic carbocycles. The number of aromatic nitrogens is 3. The number of amides is 1. The molecule has 0 radical (unpaired) electrons. The molecule has 1 aliphatic rings. The summed E-state index contributed by atoms with van der Waals surface area (Å²) in [4.78, 5) is 13.5. The van der Waals surface area contributed by atoms with Gasteiger partial charge in [0.15, 0.2) is 10.6 Å². The number of nitrogens with zero attached hydrogens (tertiary/aromatic N) is 2. The topological polar surface area (TPSA) is 62.7 Å². The van der Waals surface area contributed by atoms with Crippen LogP contribution in [-0.4, -0.2) is 20.7 Å². The van der Waals surface area contributed by atoms with Crippen molar-refractivity contribution in [2.24, 2.45) is 0 Å². The Hall–Kier alpha value is -2.25. The molecule has 24 heavy (non-hydrogen) atoms. The molecule has 2 aromatic heterocycles. The fourth-order valence-corrected chi connectivity index (χ4v) is 4.07. The summed E-state index contributed by atoms with van der Waals surface area (Å²) >= 11 is 6.85. The maximum absolute atomic E-state index is 12.5. The lowest BCUT2D eigenvalue weighted by Gasteiger charge is -2.14. The van der Waals surface area contributed by atoms with E-state index in [1.54, 1.807) is 15.9 Å². The molecule has 0 fully saturated rings. The molecule has 2 N–H and O–H groups in total. The van der Waals surface area contributed by atoms with Crippen LogP contribution in [0.15, 0.2) is 41.8 Å². The fraction of sp³-hybridized carbons (Fsp3) is 0.235. The first-order valence-corrected chi connectivity index (χ1v) is 9.07. The van der Waals surface area contributed by atoms with Gasteiger partial charge in [0.25, 0.3) is 0 Å². The number of carbonyl (C=O) groups excluding carboxylic acids is 1. The summed E-state index contributed by atoms with van der Waals surface area (Å²) in [5, 5.41) is 12.1. The second kappa shape index (κ2) is 6.33. The minimum Gasteiger partial charge on any atom is -0.348 e. The molecule has 7 heteroatoms. The summed E-state index contributed by atoms with van der Waals surface area (Å²) < 4.78 is 2.21. The van der Waals surface area contributed by atoms with E-state index in [4.69, 9.17) is 12.2 Å². The Bertz CT molecular complexity index is 926. The molecule has 0 saturated carbocycles. The van der Waals surface area contributed by atoms with Gasteiger partial charge in [-0.1, -0.05) is 30.3 Å². The number of nitrogens with one attached hydrogen (secondary N) is 2. The predicted octanol–water partition coefficient (Wildman–Crippen LogP) is 3.47. The molecule has 0 unspecified atom stereocenters. The van der Waals surface area contributed by atoms with Gasteiger partial charge < -0.3 is 5.32 Å². The summed E-state index contributed by atoms with van der Waals surface area (Å²) in [7, 11) is 0. The van der Waals surface area contributed by atoms with Crippen molar-refractivity contribution in [3.05, 3.63) is 57.7 Å². The summed E-state index contributed by atoms with van der Waals surface area (Å²) in [5.41, 5.74) is 2.54. The molecule has 0 bridgehead atoms. The van der Waals surface area contributed by atoms with E-state index < -0.39 is 0 Å². The number of rotatable bonds is 4. The Kier molecular flexibility index (Phi) is 4.03. The molecule has 1 atom stereocenters. The summed E-state index contributed by atoms with van der Waals surface area (Å²) in [6.45, 7) is 0.168. The highest BCUT2D eigenvalue weighted by molar-refractivity contribution is 7.71. The van der Waals surface area contributed by atoms with Crippen LogP contribution in [-0.2, 0) is 17.8 Å². The quantitative estimate of drug-likeness (QED) is 0.704. The zero-order valence-electron chi connectivity index (χ0n) is 12.9. The van der Waals surface area contributed by atoms with Gasteiger partial charge in [0.05, 0.1) is 10.9 Å². The monoisotopic (exact) mass is 356 g/mol. The molecular weight excluding hydrogens is 340 g/mol. The van der Waals surface area contributed by atoms with Gasteiger partial charge in [0, 0.05) is 0 Å². The lowest BCUT2D eigenvalue weighted by atomic mass is 10.1. The molecule has 1 amide bonds. The smallest absolute Gasteiger partial charge is 0.240 e. The highest BCUT2D eigenvalue weighted by Gasteiger charge is 2.24. The van der Waals surface area contributed by atoms with Gasteiger partial charge in [-0.05, 0) is 47.6 Å². The second-order valence-corrected chi connectivity index (χ2v) is 7.11. The van der Waals surface area contributed by atoms with Crippen molar-refractivity contribution in [2.45, 2.75) is 25.4 Å². The minimum absolute atomic E-state index is 0.0491. The molecule has 5 nitrogen and oxygen atoms in total. The number of thiophene rings is 1. The average Bonchev–Trinajstić information content (AvgIpc) is 3.30. The van der Waals surface area contributed by atoms with Crippen molar-refractivity contribution in [3.8, 4) is 10.7 Å². The van der Waals surface area contributed by atoms with Crippen molar-refractivity contribution in [1.82, 2.24) is 20.1 Å². The zero-order valence-corrected chi connectivity index (χ0v) is 14.5. The molecule has 4 rings (SSSR count). The lowest BCUT2D eigenvalue weighted by Crippen LogP contribution is -2.30. The van der Waals surface area contributed by atoms with E-state index >= 15 is 0 Å². The standard InChI is InChI=1S/C17H16N4OS2/c22-15(18-13-8-7-11-4-1-2-5-12(11)13)10-21-16(19-20-17(21)23)14-6-3-9-24-14/h1-6,9,13H,7-8,10H2,(H,18,22)(H,20,23)/t13-/m0/s1. The number of hydrogen-bond donors (Lipinski definition) is 2. The van der Waals surface area contributed by atoms with Gasteiger partial charge in [-0.2, -0.15) is 5.10 Å². The van der Waals surface area contributed by atoms with Crippen molar-refractivity contribution < 1.29 is 4.79 Å². The largest absolute Gasteiger partial charge is 0.348 e. The Morgan fingerprint density at radius 3 is 3.08 bits per heavy atom. The highest BCUT2D eigenvalue weighted by atomic mass is 32.1. The van der Waals surface area contributed by atoms with Gasteiger partial charge >= 0.3 is 0 Å². The normalized spacial score (nSPS) is 16.1. The highest BCUT2D eigenvalue weighted by Crippen LogP contribution is 2.30. The van der Waals surface area contributed by atoms with E-state index in [9.17, 15) is 4.79 Å². The van der Waals surface area contributed by atoms with Gasteiger partial charge in [-0.3, -0.25) is 14.5 Å². The first-order valence-electron chi connectivity index (χ1n) is 7.78. The molecular formula is C17H16N4OS2. The summed E-state index contributed by atoms with van der Waals surface area (Å²) in [6, 6.07) is 12.3. The molecule has 3 aromatic rings. The Morgan fingerprint density at radius 2 is 2.25 bits per heavy atom. The van der Waals surface area contributed by atoms with Crippen LogP contribution in [0.25, 0.3) is 10.7 Å². The van der Waals surface area contributed by atoms with Crippen LogP contribution in [0.3, 0.4) is 0 Å².